The Balaban J connectivity index is 1.35. The van der Waals surface area contributed by atoms with Crippen LogP contribution in [0, 0.1) is 5.92 Å². The van der Waals surface area contributed by atoms with Gasteiger partial charge in [-0.1, -0.05) is 18.2 Å². The number of aryl methyl sites for hydroxylation is 1. The van der Waals surface area contributed by atoms with Crippen LogP contribution in [0.25, 0.3) is 0 Å². The second-order valence-corrected chi connectivity index (χ2v) is 7.33. The number of pyridine rings is 1. The van der Waals surface area contributed by atoms with Crippen molar-refractivity contribution in [3.05, 3.63) is 64.1 Å². The normalized spacial score (nSPS) is 15.3. The maximum Gasteiger partial charge on any atom is 0.251 e. The van der Waals surface area contributed by atoms with Crippen molar-refractivity contribution in [3.63, 3.8) is 0 Å². The molecule has 1 aromatic carbocycles. The van der Waals surface area contributed by atoms with Crippen LogP contribution in [0.15, 0.2) is 47.4 Å². The number of methoxy groups -OCH3 is 1. The standard InChI is InChI=1S/C22H29N3O3/c1-28-20-5-3-2-4-18(20)7-6-17-9-13-25(14-10-17)15-12-24-22(27)19-8-11-23-21(26)16-19/h2-5,8,11,16-17H,6-7,9-10,12-15H2,1H3,(H,23,26)(H,24,27). The lowest BCUT2D eigenvalue weighted by Gasteiger charge is -2.32. The van der Waals surface area contributed by atoms with Gasteiger partial charge in [0.25, 0.3) is 5.91 Å². The molecule has 0 radical (unpaired) electrons. The van der Waals surface area contributed by atoms with Gasteiger partial charge in [0, 0.05) is 30.9 Å². The molecule has 0 saturated carbocycles. The average molecular weight is 383 g/mol. The molecule has 2 N–H and O–H groups in total. The number of carbonyl (C=O) groups excluding carboxylic acids is 1. The van der Waals surface area contributed by atoms with E-state index in [2.05, 4.69) is 27.3 Å². The summed E-state index contributed by atoms with van der Waals surface area (Å²) in [5.41, 5.74) is 1.43. The van der Waals surface area contributed by atoms with E-state index in [1.807, 2.05) is 12.1 Å². The van der Waals surface area contributed by atoms with E-state index in [0.717, 1.165) is 37.7 Å². The van der Waals surface area contributed by atoms with Gasteiger partial charge in [0.2, 0.25) is 5.56 Å². The van der Waals surface area contributed by atoms with Crippen molar-refractivity contribution in [1.82, 2.24) is 15.2 Å². The van der Waals surface area contributed by atoms with E-state index in [0.29, 0.717) is 12.1 Å². The van der Waals surface area contributed by atoms with Crippen molar-refractivity contribution in [3.8, 4) is 5.75 Å². The smallest absolute Gasteiger partial charge is 0.251 e. The first-order valence-corrected chi connectivity index (χ1v) is 9.97. The van der Waals surface area contributed by atoms with Gasteiger partial charge in [-0.15, -0.1) is 0 Å². The quantitative estimate of drug-likeness (QED) is 0.734. The molecule has 3 rings (SSSR count). The highest BCUT2D eigenvalue weighted by Gasteiger charge is 2.19. The Morgan fingerprint density at radius 3 is 2.79 bits per heavy atom. The number of rotatable bonds is 8. The number of likely N-dealkylation sites (tertiary alicyclic amines) is 1. The molecule has 1 saturated heterocycles. The molecule has 0 unspecified atom stereocenters. The fraction of sp³-hybridized carbons (Fsp3) is 0.455. The molecule has 1 aliphatic heterocycles. The minimum atomic E-state index is -0.261. The third-order valence-corrected chi connectivity index (χ3v) is 5.47. The number of nitrogens with zero attached hydrogens (tertiary/aromatic N) is 1. The first-order valence-electron chi connectivity index (χ1n) is 9.97. The molecule has 2 heterocycles. The summed E-state index contributed by atoms with van der Waals surface area (Å²) < 4.78 is 5.44. The van der Waals surface area contributed by atoms with Gasteiger partial charge in [0.05, 0.1) is 7.11 Å². The number of H-pyrrole nitrogens is 1. The average Bonchev–Trinajstić information content (AvgIpc) is 2.73. The monoisotopic (exact) mass is 383 g/mol. The van der Waals surface area contributed by atoms with E-state index in [1.165, 1.54) is 37.1 Å². The van der Waals surface area contributed by atoms with Crippen LogP contribution < -0.4 is 15.6 Å². The topological polar surface area (TPSA) is 74.4 Å². The molecule has 1 amide bonds. The predicted molar refractivity (Wildman–Crippen MR) is 110 cm³/mol. The number of benzene rings is 1. The largest absolute Gasteiger partial charge is 0.496 e. The first kappa shape index (κ1) is 20.1. The highest BCUT2D eigenvalue weighted by Crippen LogP contribution is 2.25. The summed E-state index contributed by atoms with van der Waals surface area (Å²) >= 11 is 0. The zero-order chi connectivity index (χ0) is 19.8. The Morgan fingerprint density at radius 2 is 2.04 bits per heavy atom. The number of ether oxygens (including phenoxy) is 1. The van der Waals surface area contributed by atoms with Crippen molar-refractivity contribution < 1.29 is 9.53 Å². The van der Waals surface area contributed by atoms with E-state index < -0.39 is 0 Å². The summed E-state index contributed by atoms with van der Waals surface area (Å²) in [5.74, 6) is 1.53. The van der Waals surface area contributed by atoms with Crippen LogP contribution in [-0.4, -0.2) is 49.1 Å². The lowest BCUT2D eigenvalue weighted by Crippen LogP contribution is -2.39. The van der Waals surface area contributed by atoms with Crippen LogP contribution in [0.2, 0.25) is 0 Å². The zero-order valence-electron chi connectivity index (χ0n) is 16.4. The number of carbonyl (C=O) groups is 1. The summed E-state index contributed by atoms with van der Waals surface area (Å²) in [6.45, 7) is 3.57. The van der Waals surface area contributed by atoms with Crippen LogP contribution in [0.5, 0.6) is 5.75 Å². The molecule has 1 aliphatic rings. The lowest BCUT2D eigenvalue weighted by molar-refractivity contribution is 0.0943. The fourth-order valence-electron chi connectivity index (χ4n) is 3.78. The molecule has 6 heteroatoms. The highest BCUT2D eigenvalue weighted by molar-refractivity contribution is 5.93. The van der Waals surface area contributed by atoms with Gasteiger partial charge in [-0.25, -0.2) is 0 Å². The maximum absolute atomic E-state index is 12.1. The molecule has 1 fully saturated rings. The van der Waals surface area contributed by atoms with E-state index in [9.17, 15) is 9.59 Å². The third-order valence-electron chi connectivity index (χ3n) is 5.47. The fourth-order valence-corrected chi connectivity index (χ4v) is 3.78. The zero-order valence-corrected chi connectivity index (χ0v) is 16.4. The van der Waals surface area contributed by atoms with Gasteiger partial charge in [-0.05, 0) is 62.4 Å². The Morgan fingerprint density at radius 1 is 1.25 bits per heavy atom. The maximum atomic E-state index is 12.1. The SMILES string of the molecule is COc1ccccc1CCC1CCN(CCNC(=O)c2cc[nH]c(=O)c2)CC1. The Bertz CT molecular complexity index is 826. The Kier molecular flexibility index (Phi) is 7.25. The molecule has 0 atom stereocenters. The number of hydrogen-bond acceptors (Lipinski definition) is 4. The molecule has 1 aromatic heterocycles. The summed E-state index contributed by atoms with van der Waals surface area (Å²) in [6, 6.07) is 11.2. The van der Waals surface area contributed by atoms with E-state index in [4.69, 9.17) is 4.74 Å². The van der Waals surface area contributed by atoms with Crippen molar-refractivity contribution in [1.29, 1.82) is 0 Å². The van der Waals surface area contributed by atoms with Crippen LogP contribution in [0.3, 0.4) is 0 Å². The molecule has 28 heavy (non-hydrogen) atoms. The van der Waals surface area contributed by atoms with Gasteiger partial charge in [0.15, 0.2) is 0 Å². The Labute approximate surface area is 165 Å². The predicted octanol–water partition coefficient (Wildman–Crippen LogP) is 2.46. The molecular weight excluding hydrogens is 354 g/mol. The van der Waals surface area contributed by atoms with Gasteiger partial charge >= 0.3 is 0 Å². The summed E-state index contributed by atoms with van der Waals surface area (Å²) in [4.78, 5) is 28.3. The second kappa shape index (κ2) is 10.1. The van der Waals surface area contributed by atoms with Crippen LogP contribution in [0.4, 0.5) is 0 Å². The van der Waals surface area contributed by atoms with Crippen molar-refractivity contribution in [2.24, 2.45) is 5.92 Å². The van der Waals surface area contributed by atoms with Crippen molar-refractivity contribution >= 4 is 5.91 Å². The summed E-state index contributed by atoms with van der Waals surface area (Å²) in [6.07, 6.45) is 6.12. The molecule has 6 nitrogen and oxygen atoms in total. The number of hydrogen-bond donors (Lipinski definition) is 2. The van der Waals surface area contributed by atoms with E-state index >= 15 is 0 Å². The molecule has 2 aromatic rings. The van der Waals surface area contributed by atoms with Gasteiger partial charge in [-0.2, -0.15) is 0 Å². The summed E-state index contributed by atoms with van der Waals surface area (Å²) in [5, 5.41) is 2.90. The van der Waals surface area contributed by atoms with E-state index in [-0.39, 0.29) is 11.5 Å². The van der Waals surface area contributed by atoms with Gasteiger partial charge in [0.1, 0.15) is 5.75 Å². The van der Waals surface area contributed by atoms with E-state index in [1.54, 1.807) is 13.2 Å². The van der Waals surface area contributed by atoms with Gasteiger partial charge in [-0.3, -0.25) is 9.59 Å². The van der Waals surface area contributed by atoms with Gasteiger partial charge < -0.3 is 19.9 Å². The number of piperidine rings is 1. The molecule has 0 aliphatic carbocycles. The Hall–Kier alpha value is -2.60. The third kappa shape index (κ3) is 5.70. The number of nitrogens with one attached hydrogen (secondary N) is 2. The highest BCUT2D eigenvalue weighted by atomic mass is 16.5. The number of para-hydroxylation sites is 1. The number of amides is 1. The minimum absolute atomic E-state index is 0.196. The second-order valence-electron chi connectivity index (χ2n) is 7.33. The van der Waals surface area contributed by atoms with Crippen molar-refractivity contribution in [2.75, 3.05) is 33.3 Å². The molecule has 150 valence electrons. The van der Waals surface area contributed by atoms with Crippen LogP contribution in [0.1, 0.15) is 35.2 Å². The van der Waals surface area contributed by atoms with Crippen molar-refractivity contribution in [2.45, 2.75) is 25.7 Å². The molecular formula is C22H29N3O3. The summed E-state index contributed by atoms with van der Waals surface area (Å²) in [7, 11) is 1.73. The lowest BCUT2D eigenvalue weighted by atomic mass is 9.90. The molecule has 0 spiro atoms. The number of aromatic nitrogens is 1. The first-order chi connectivity index (χ1) is 13.7. The van der Waals surface area contributed by atoms with Crippen LogP contribution >= 0.6 is 0 Å². The number of aromatic amines is 1. The minimum Gasteiger partial charge on any atom is -0.496 e. The molecule has 0 bridgehead atoms. The van der Waals surface area contributed by atoms with Crippen LogP contribution in [-0.2, 0) is 6.42 Å².